The number of anilines is 1. The van der Waals surface area contributed by atoms with Crippen molar-refractivity contribution < 1.29 is 9.53 Å². The van der Waals surface area contributed by atoms with Crippen LogP contribution in [0.25, 0.3) is 0 Å². The first-order valence-electron chi connectivity index (χ1n) is 7.71. The molecule has 1 heterocycles. The van der Waals surface area contributed by atoms with Crippen LogP contribution in [0.4, 0.5) is 5.69 Å². The van der Waals surface area contributed by atoms with E-state index in [-0.39, 0.29) is 11.8 Å². The summed E-state index contributed by atoms with van der Waals surface area (Å²) in [6, 6.07) is 8.23. The zero-order chi connectivity index (χ0) is 15.2. The number of para-hydroxylation sites is 1. The lowest BCUT2D eigenvalue weighted by atomic mass is 9.92. The van der Waals surface area contributed by atoms with Gasteiger partial charge in [-0.2, -0.15) is 0 Å². The minimum Gasteiger partial charge on any atom is -0.384 e. The average molecular weight is 290 g/mol. The van der Waals surface area contributed by atoms with E-state index in [0.717, 1.165) is 25.2 Å². The quantitative estimate of drug-likeness (QED) is 0.875. The lowest BCUT2D eigenvalue weighted by Crippen LogP contribution is -2.44. The van der Waals surface area contributed by atoms with E-state index >= 15 is 0 Å². The molecule has 0 saturated carbocycles. The van der Waals surface area contributed by atoms with E-state index in [1.165, 1.54) is 5.56 Å². The molecular weight excluding hydrogens is 264 g/mol. The molecule has 0 radical (unpaired) electrons. The summed E-state index contributed by atoms with van der Waals surface area (Å²) in [7, 11) is 1.68. The SMILES string of the molecule is COCCN(CC(C)C)C(=O)C1CNc2ccccc2C1. The number of fused-ring (bicyclic) bond motifs is 1. The molecule has 0 fully saturated rings. The van der Waals surface area contributed by atoms with Crippen LogP contribution >= 0.6 is 0 Å². The van der Waals surface area contributed by atoms with Crippen molar-refractivity contribution in [3.05, 3.63) is 29.8 Å². The van der Waals surface area contributed by atoms with Gasteiger partial charge < -0.3 is 15.0 Å². The second-order valence-electron chi connectivity index (χ2n) is 6.11. The first-order valence-corrected chi connectivity index (χ1v) is 7.71. The van der Waals surface area contributed by atoms with Crippen molar-refractivity contribution in [2.45, 2.75) is 20.3 Å². The second-order valence-corrected chi connectivity index (χ2v) is 6.11. The van der Waals surface area contributed by atoms with Gasteiger partial charge in [0.25, 0.3) is 0 Å². The fourth-order valence-corrected chi connectivity index (χ4v) is 2.81. The van der Waals surface area contributed by atoms with Gasteiger partial charge in [-0.15, -0.1) is 0 Å². The van der Waals surface area contributed by atoms with Gasteiger partial charge in [0.05, 0.1) is 12.5 Å². The third-order valence-corrected chi connectivity index (χ3v) is 3.83. The Morgan fingerprint density at radius 3 is 2.90 bits per heavy atom. The van der Waals surface area contributed by atoms with Gasteiger partial charge in [0, 0.05) is 32.4 Å². The fraction of sp³-hybridized carbons (Fsp3) is 0.588. The number of methoxy groups -OCH3 is 1. The van der Waals surface area contributed by atoms with Crippen LogP contribution in [0.15, 0.2) is 24.3 Å². The molecule has 1 atom stereocenters. The molecule has 0 bridgehead atoms. The van der Waals surface area contributed by atoms with Gasteiger partial charge in [-0.3, -0.25) is 4.79 Å². The summed E-state index contributed by atoms with van der Waals surface area (Å²) in [6.45, 7) is 7.06. The van der Waals surface area contributed by atoms with E-state index in [9.17, 15) is 4.79 Å². The number of nitrogens with zero attached hydrogens (tertiary/aromatic N) is 1. The Hall–Kier alpha value is -1.55. The number of hydrogen-bond donors (Lipinski definition) is 1. The Kier molecular flexibility index (Phi) is 5.62. The highest BCUT2D eigenvalue weighted by Gasteiger charge is 2.28. The molecule has 1 aromatic carbocycles. The number of carbonyl (C=O) groups excluding carboxylic acids is 1. The van der Waals surface area contributed by atoms with Crippen molar-refractivity contribution in [2.24, 2.45) is 11.8 Å². The molecular formula is C17H26N2O2. The Bertz CT molecular complexity index is 474. The summed E-state index contributed by atoms with van der Waals surface area (Å²) in [6.07, 6.45) is 0.823. The van der Waals surface area contributed by atoms with Crippen molar-refractivity contribution in [2.75, 3.05) is 38.7 Å². The highest BCUT2D eigenvalue weighted by molar-refractivity contribution is 5.81. The summed E-state index contributed by atoms with van der Waals surface area (Å²) >= 11 is 0. The number of hydrogen-bond acceptors (Lipinski definition) is 3. The molecule has 1 unspecified atom stereocenters. The predicted octanol–water partition coefficient (Wildman–Crippen LogP) is 2.40. The maximum atomic E-state index is 12.8. The summed E-state index contributed by atoms with van der Waals surface area (Å²) in [5.41, 5.74) is 2.40. The molecule has 0 aromatic heterocycles. The topological polar surface area (TPSA) is 41.6 Å². The Labute approximate surface area is 127 Å². The molecule has 0 aliphatic carbocycles. The third-order valence-electron chi connectivity index (χ3n) is 3.83. The van der Waals surface area contributed by atoms with Crippen LogP contribution in [0.5, 0.6) is 0 Å². The lowest BCUT2D eigenvalue weighted by Gasteiger charge is -2.31. The largest absolute Gasteiger partial charge is 0.384 e. The minimum absolute atomic E-state index is 0.0236. The Morgan fingerprint density at radius 2 is 2.19 bits per heavy atom. The molecule has 1 aliphatic heterocycles. The van der Waals surface area contributed by atoms with Gasteiger partial charge in [0.1, 0.15) is 0 Å². The summed E-state index contributed by atoms with van der Waals surface area (Å²) in [5, 5.41) is 3.38. The van der Waals surface area contributed by atoms with E-state index in [4.69, 9.17) is 4.74 Å². The van der Waals surface area contributed by atoms with Crippen LogP contribution in [0.3, 0.4) is 0 Å². The van der Waals surface area contributed by atoms with Crippen LogP contribution in [0.2, 0.25) is 0 Å². The smallest absolute Gasteiger partial charge is 0.227 e. The predicted molar refractivity (Wildman–Crippen MR) is 85.4 cm³/mol. The van der Waals surface area contributed by atoms with E-state index < -0.39 is 0 Å². The number of rotatable bonds is 6. The molecule has 1 N–H and O–H groups in total. The van der Waals surface area contributed by atoms with Gasteiger partial charge in [-0.05, 0) is 24.0 Å². The Balaban J connectivity index is 2.03. The van der Waals surface area contributed by atoms with Crippen molar-refractivity contribution in [3.63, 3.8) is 0 Å². The first kappa shape index (κ1) is 15.8. The maximum Gasteiger partial charge on any atom is 0.227 e. The van der Waals surface area contributed by atoms with Crippen LogP contribution in [0.1, 0.15) is 19.4 Å². The van der Waals surface area contributed by atoms with Crippen LogP contribution in [-0.2, 0) is 16.0 Å². The minimum atomic E-state index is 0.0236. The van der Waals surface area contributed by atoms with E-state index in [1.54, 1.807) is 7.11 Å². The van der Waals surface area contributed by atoms with Crippen molar-refractivity contribution >= 4 is 11.6 Å². The fourth-order valence-electron chi connectivity index (χ4n) is 2.81. The molecule has 0 spiro atoms. The van der Waals surface area contributed by atoms with Crippen molar-refractivity contribution in [1.82, 2.24) is 4.90 Å². The number of ether oxygens (including phenoxy) is 1. The number of nitrogens with one attached hydrogen (secondary N) is 1. The molecule has 116 valence electrons. The third kappa shape index (κ3) is 4.21. The van der Waals surface area contributed by atoms with Crippen molar-refractivity contribution in [1.29, 1.82) is 0 Å². The number of amides is 1. The zero-order valence-electron chi connectivity index (χ0n) is 13.3. The van der Waals surface area contributed by atoms with Gasteiger partial charge in [-0.1, -0.05) is 32.0 Å². The van der Waals surface area contributed by atoms with Crippen LogP contribution < -0.4 is 5.32 Å². The molecule has 1 amide bonds. The molecule has 0 saturated heterocycles. The van der Waals surface area contributed by atoms with Gasteiger partial charge in [-0.25, -0.2) is 0 Å². The lowest BCUT2D eigenvalue weighted by molar-refractivity contribution is -0.136. The maximum absolute atomic E-state index is 12.8. The van der Waals surface area contributed by atoms with Gasteiger partial charge in [0.2, 0.25) is 5.91 Å². The van der Waals surface area contributed by atoms with E-state index in [0.29, 0.717) is 19.1 Å². The number of carbonyl (C=O) groups is 1. The van der Waals surface area contributed by atoms with Crippen LogP contribution in [0, 0.1) is 11.8 Å². The summed E-state index contributed by atoms with van der Waals surface area (Å²) in [5.74, 6) is 0.730. The first-order chi connectivity index (χ1) is 10.1. The van der Waals surface area contributed by atoms with Crippen LogP contribution in [-0.4, -0.2) is 44.2 Å². The second kappa shape index (κ2) is 7.46. The van der Waals surface area contributed by atoms with Gasteiger partial charge >= 0.3 is 0 Å². The highest BCUT2D eigenvalue weighted by Crippen LogP contribution is 2.25. The van der Waals surface area contributed by atoms with E-state index in [1.807, 2.05) is 17.0 Å². The number of benzene rings is 1. The monoisotopic (exact) mass is 290 g/mol. The molecule has 21 heavy (non-hydrogen) atoms. The van der Waals surface area contributed by atoms with Crippen molar-refractivity contribution in [3.8, 4) is 0 Å². The summed E-state index contributed by atoms with van der Waals surface area (Å²) < 4.78 is 5.14. The van der Waals surface area contributed by atoms with E-state index in [2.05, 4.69) is 31.3 Å². The molecule has 1 aromatic rings. The standard InChI is InChI=1S/C17H26N2O2/c1-13(2)12-19(8-9-21-3)17(20)15-10-14-6-4-5-7-16(14)18-11-15/h4-7,13,15,18H,8-12H2,1-3H3. The molecule has 1 aliphatic rings. The Morgan fingerprint density at radius 1 is 1.43 bits per heavy atom. The highest BCUT2D eigenvalue weighted by atomic mass is 16.5. The molecule has 4 heteroatoms. The molecule has 4 nitrogen and oxygen atoms in total. The molecule has 2 rings (SSSR count). The van der Waals surface area contributed by atoms with Gasteiger partial charge in [0.15, 0.2) is 0 Å². The zero-order valence-corrected chi connectivity index (χ0v) is 13.3. The average Bonchev–Trinajstić information content (AvgIpc) is 2.50. The normalized spacial score (nSPS) is 17.2. The summed E-state index contributed by atoms with van der Waals surface area (Å²) in [4.78, 5) is 14.7.